The van der Waals surface area contributed by atoms with Crippen LogP contribution in [0.2, 0.25) is 0 Å². The zero-order valence-electron chi connectivity index (χ0n) is 14.0. The van der Waals surface area contributed by atoms with Gasteiger partial charge in [-0.05, 0) is 36.8 Å². The van der Waals surface area contributed by atoms with Crippen molar-refractivity contribution in [3.8, 4) is 0 Å². The minimum atomic E-state index is -0.0836. The smallest absolute Gasteiger partial charge is 0.222 e. The maximum Gasteiger partial charge on any atom is 0.222 e. The van der Waals surface area contributed by atoms with Crippen LogP contribution in [0.4, 0.5) is 0 Å². The fraction of sp³-hybridized carbons (Fsp3) is 0.421. The van der Waals surface area contributed by atoms with E-state index in [0.29, 0.717) is 13.0 Å². The number of carbonyl (C=O) groups excluding carboxylic acids is 1. The summed E-state index contributed by atoms with van der Waals surface area (Å²) in [7, 11) is 0. The number of carbonyl (C=O) groups is 1. The van der Waals surface area contributed by atoms with Crippen molar-refractivity contribution in [3.05, 3.63) is 57.8 Å². The molecule has 1 aromatic heterocycles. The van der Waals surface area contributed by atoms with Gasteiger partial charge < -0.3 is 5.32 Å². The van der Waals surface area contributed by atoms with Gasteiger partial charge in [0, 0.05) is 24.4 Å². The molecule has 24 heavy (non-hydrogen) atoms. The second-order valence-electron chi connectivity index (χ2n) is 6.15. The van der Waals surface area contributed by atoms with Gasteiger partial charge in [0.15, 0.2) is 0 Å². The summed E-state index contributed by atoms with van der Waals surface area (Å²) in [5, 5.41) is 7.15. The third-order valence-electron chi connectivity index (χ3n) is 4.17. The maximum atomic E-state index is 12.5. The third-order valence-corrected chi connectivity index (χ3v) is 5.11. The number of hydroxylamine groups is 2. The van der Waals surface area contributed by atoms with Crippen LogP contribution in [0.1, 0.15) is 41.3 Å². The standard InChI is InChI=1S/C19H24N2O2S/c1-15-6-4-7-16(14-15)19(17-8-5-13-24-17)20-18(22)9-11-21-10-2-3-12-23-21/h4-8,13-14,19H,2-3,9-12H2,1H3,(H,20,22)/t19-/m0/s1. The molecule has 1 aliphatic heterocycles. The van der Waals surface area contributed by atoms with E-state index < -0.39 is 0 Å². The highest BCUT2D eigenvalue weighted by molar-refractivity contribution is 7.10. The van der Waals surface area contributed by atoms with E-state index in [4.69, 9.17) is 4.84 Å². The summed E-state index contributed by atoms with van der Waals surface area (Å²) in [5.41, 5.74) is 2.32. The van der Waals surface area contributed by atoms with Crippen molar-refractivity contribution in [2.45, 2.75) is 32.2 Å². The molecule has 5 heteroatoms. The first kappa shape index (κ1) is 17.1. The van der Waals surface area contributed by atoms with Crippen molar-refractivity contribution in [2.24, 2.45) is 0 Å². The van der Waals surface area contributed by atoms with E-state index in [9.17, 15) is 4.79 Å². The lowest BCUT2D eigenvalue weighted by Gasteiger charge is -2.26. The van der Waals surface area contributed by atoms with Crippen LogP contribution in [0, 0.1) is 6.92 Å². The van der Waals surface area contributed by atoms with Crippen molar-refractivity contribution in [1.82, 2.24) is 10.4 Å². The number of hydrogen-bond donors (Lipinski definition) is 1. The van der Waals surface area contributed by atoms with Crippen molar-refractivity contribution < 1.29 is 9.63 Å². The summed E-state index contributed by atoms with van der Waals surface area (Å²) in [6.45, 7) is 4.41. The van der Waals surface area contributed by atoms with Crippen molar-refractivity contribution in [1.29, 1.82) is 0 Å². The fourth-order valence-electron chi connectivity index (χ4n) is 2.91. The molecule has 0 bridgehead atoms. The number of rotatable bonds is 6. The number of hydrogen-bond acceptors (Lipinski definition) is 4. The van der Waals surface area contributed by atoms with E-state index in [1.54, 1.807) is 11.3 Å². The van der Waals surface area contributed by atoms with Gasteiger partial charge >= 0.3 is 0 Å². The van der Waals surface area contributed by atoms with Gasteiger partial charge in [-0.2, -0.15) is 5.06 Å². The Bertz CT molecular complexity index is 651. The monoisotopic (exact) mass is 344 g/mol. The molecule has 1 amide bonds. The highest BCUT2D eigenvalue weighted by Gasteiger charge is 2.19. The predicted molar refractivity (Wildman–Crippen MR) is 96.9 cm³/mol. The van der Waals surface area contributed by atoms with Crippen LogP contribution >= 0.6 is 11.3 Å². The lowest BCUT2D eigenvalue weighted by molar-refractivity contribution is -0.181. The maximum absolute atomic E-state index is 12.5. The average Bonchev–Trinajstić information content (AvgIpc) is 3.13. The summed E-state index contributed by atoms with van der Waals surface area (Å²) in [6, 6.07) is 12.3. The molecule has 1 aliphatic rings. The normalized spacial score (nSPS) is 16.7. The zero-order chi connectivity index (χ0) is 16.8. The lowest BCUT2D eigenvalue weighted by atomic mass is 10.0. The quantitative estimate of drug-likeness (QED) is 0.869. The number of thiophene rings is 1. The van der Waals surface area contributed by atoms with Crippen LogP contribution in [0.3, 0.4) is 0 Å². The molecule has 2 heterocycles. The van der Waals surface area contributed by atoms with Crippen LogP contribution in [-0.2, 0) is 9.63 Å². The molecule has 2 aromatic rings. The van der Waals surface area contributed by atoms with E-state index in [0.717, 1.165) is 36.4 Å². The third kappa shape index (κ3) is 4.66. The Labute approximate surface area is 147 Å². The molecule has 0 unspecified atom stereocenters. The fourth-order valence-corrected chi connectivity index (χ4v) is 3.71. The molecule has 3 rings (SSSR count). The lowest BCUT2D eigenvalue weighted by Crippen LogP contribution is -2.35. The summed E-state index contributed by atoms with van der Waals surface area (Å²) in [5.74, 6) is 0.0593. The van der Waals surface area contributed by atoms with E-state index >= 15 is 0 Å². The zero-order valence-corrected chi connectivity index (χ0v) is 14.8. The first-order valence-electron chi connectivity index (χ1n) is 8.49. The summed E-state index contributed by atoms with van der Waals surface area (Å²) >= 11 is 1.67. The molecule has 0 radical (unpaired) electrons. The number of nitrogens with zero attached hydrogens (tertiary/aromatic N) is 1. The van der Waals surface area contributed by atoms with E-state index in [-0.39, 0.29) is 11.9 Å². The van der Waals surface area contributed by atoms with Gasteiger partial charge in [0.05, 0.1) is 12.6 Å². The Morgan fingerprint density at radius 1 is 1.33 bits per heavy atom. The van der Waals surface area contributed by atoms with Crippen LogP contribution in [0.5, 0.6) is 0 Å². The molecule has 0 aliphatic carbocycles. The Kier molecular flexibility index (Phi) is 6.01. The molecule has 0 spiro atoms. The summed E-state index contributed by atoms with van der Waals surface area (Å²) < 4.78 is 0. The highest BCUT2D eigenvalue weighted by Crippen LogP contribution is 2.26. The van der Waals surface area contributed by atoms with Crippen molar-refractivity contribution in [2.75, 3.05) is 19.7 Å². The van der Waals surface area contributed by atoms with Crippen LogP contribution in [0.15, 0.2) is 41.8 Å². The van der Waals surface area contributed by atoms with Crippen molar-refractivity contribution in [3.63, 3.8) is 0 Å². The average molecular weight is 344 g/mol. The summed E-state index contributed by atoms with van der Waals surface area (Å²) in [6.07, 6.45) is 2.70. The summed E-state index contributed by atoms with van der Waals surface area (Å²) in [4.78, 5) is 19.2. The number of nitrogens with one attached hydrogen (secondary N) is 1. The van der Waals surface area contributed by atoms with Crippen LogP contribution in [0.25, 0.3) is 0 Å². The molecular formula is C19H24N2O2S. The molecular weight excluding hydrogens is 320 g/mol. The second-order valence-corrected chi connectivity index (χ2v) is 7.13. The number of benzene rings is 1. The van der Waals surface area contributed by atoms with Crippen LogP contribution in [-0.4, -0.2) is 30.7 Å². The Morgan fingerprint density at radius 2 is 2.25 bits per heavy atom. The molecule has 4 nitrogen and oxygen atoms in total. The number of aryl methyl sites for hydroxylation is 1. The van der Waals surface area contributed by atoms with Gasteiger partial charge in [-0.15, -0.1) is 11.3 Å². The van der Waals surface area contributed by atoms with Gasteiger partial charge in [-0.25, -0.2) is 0 Å². The molecule has 1 fully saturated rings. The minimum absolute atomic E-state index is 0.0593. The molecule has 1 N–H and O–H groups in total. The molecule has 1 atom stereocenters. The van der Waals surface area contributed by atoms with Gasteiger partial charge in [-0.1, -0.05) is 35.9 Å². The molecule has 1 aromatic carbocycles. The van der Waals surface area contributed by atoms with Crippen molar-refractivity contribution >= 4 is 17.2 Å². The van der Waals surface area contributed by atoms with E-state index in [1.165, 1.54) is 5.56 Å². The first-order valence-corrected chi connectivity index (χ1v) is 9.37. The molecule has 1 saturated heterocycles. The number of amides is 1. The molecule has 128 valence electrons. The largest absolute Gasteiger partial charge is 0.344 e. The Hall–Kier alpha value is -1.69. The SMILES string of the molecule is Cc1cccc([C@H](NC(=O)CCN2CCCCO2)c2cccs2)c1. The first-order chi connectivity index (χ1) is 11.7. The van der Waals surface area contributed by atoms with E-state index in [2.05, 4.69) is 36.5 Å². The predicted octanol–water partition coefficient (Wildman–Crippen LogP) is 3.68. The van der Waals surface area contributed by atoms with Gasteiger partial charge in [0.1, 0.15) is 0 Å². The molecule has 0 saturated carbocycles. The highest BCUT2D eigenvalue weighted by atomic mass is 32.1. The topological polar surface area (TPSA) is 41.6 Å². The van der Waals surface area contributed by atoms with Gasteiger partial charge in [-0.3, -0.25) is 9.63 Å². The second kappa shape index (κ2) is 8.42. The Balaban J connectivity index is 1.64. The van der Waals surface area contributed by atoms with Gasteiger partial charge in [0.25, 0.3) is 0 Å². The Morgan fingerprint density at radius 3 is 2.96 bits per heavy atom. The van der Waals surface area contributed by atoms with Crippen LogP contribution < -0.4 is 5.32 Å². The van der Waals surface area contributed by atoms with Gasteiger partial charge in [0.2, 0.25) is 5.91 Å². The van der Waals surface area contributed by atoms with E-state index in [1.807, 2.05) is 22.6 Å². The minimum Gasteiger partial charge on any atom is -0.344 e.